The maximum Gasteiger partial charge on any atom is 0.271 e. The highest BCUT2D eigenvalue weighted by molar-refractivity contribution is 7.14. The van der Waals surface area contributed by atoms with Crippen molar-refractivity contribution in [3.8, 4) is 5.75 Å². The first-order valence-electron chi connectivity index (χ1n) is 7.19. The van der Waals surface area contributed by atoms with Crippen LogP contribution in [0.25, 0.3) is 0 Å². The van der Waals surface area contributed by atoms with Crippen LogP contribution in [0.1, 0.15) is 34.7 Å². The van der Waals surface area contributed by atoms with E-state index in [2.05, 4.69) is 15.6 Å². The Labute approximate surface area is 143 Å². The predicted octanol–water partition coefficient (Wildman–Crippen LogP) is 1.90. The molecule has 0 aliphatic rings. The molecule has 3 N–H and O–H groups in total. The predicted molar refractivity (Wildman–Crippen MR) is 91.7 cm³/mol. The van der Waals surface area contributed by atoms with E-state index < -0.39 is 11.4 Å². The van der Waals surface area contributed by atoms with Gasteiger partial charge in [0.15, 0.2) is 5.13 Å². The number of carbonyl (C=O) groups is 2. The Morgan fingerprint density at radius 1 is 1.25 bits per heavy atom. The van der Waals surface area contributed by atoms with Gasteiger partial charge in [-0.3, -0.25) is 14.9 Å². The first-order chi connectivity index (χ1) is 11.3. The van der Waals surface area contributed by atoms with Gasteiger partial charge in [0.1, 0.15) is 11.4 Å². The number of hydrogen-bond donors (Lipinski definition) is 3. The van der Waals surface area contributed by atoms with Gasteiger partial charge in [0, 0.05) is 10.9 Å². The maximum absolute atomic E-state index is 12.1. The Balaban J connectivity index is 2.02. The molecule has 0 saturated carbocycles. The number of benzene rings is 1. The van der Waals surface area contributed by atoms with Crippen LogP contribution < -0.4 is 15.4 Å². The molecule has 0 aliphatic carbocycles. The van der Waals surface area contributed by atoms with Gasteiger partial charge in [-0.2, -0.15) is 0 Å². The molecule has 8 heteroatoms. The minimum absolute atomic E-state index is 0.187. The summed E-state index contributed by atoms with van der Waals surface area (Å²) in [5.74, 6) is -0.0730. The number of methoxy groups -OCH3 is 1. The van der Waals surface area contributed by atoms with Crippen molar-refractivity contribution >= 4 is 28.3 Å². The van der Waals surface area contributed by atoms with E-state index in [4.69, 9.17) is 4.74 Å². The van der Waals surface area contributed by atoms with Gasteiger partial charge >= 0.3 is 0 Å². The molecule has 0 unspecified atom stereocenters. The summed E-state index contributed by atoms with van der Waals surface area (Å²) in [6, 6.07) is 6.65. The third-order valence-corrected chi connectivity index (χ3v) is 3.91. The first kappa shape index (κ1) is 17.9. The van der Waals surface area contributed by atoms with Crippen LogP contribution in [-0.2, 0) is 0 Å². The smallest absolute Gasteiger partial charge is 0.271 e. The van der Waals surface area contributed by atoms with Crippen molar-refractivity contribution in [1.29, 1.82) is 0 Å². The van der Waals surface area contributed by atoms with Crippen LogP contribution in [0.15, 0.2) is 29.6 Å². The van der Waals surface area contributed by atoms with E-state index in [0.717, 1.165) is 11.3 Å². The number of aromatic nitrogens is 1. The third-order valence-electron chi connectivity index (χ3n) is 3.16. The van der Waals surface area contributed by atoms with Crippen molar-refractivity contribution in [3.63, 3.8) is 0 Å². The largest absolute Gasteiger partial charge is 0.497 e. The summed E-state index contributed by atoms with van der Waals surface area (Å²) in [5.41, 5.74) is -0.0994. The van der Waals surface area contributed by atoms with Gasteiger partial charge in [0.25, 0.3) is 11.8 Å². The first-order valence-corrected chi connectivity index (χ1v) is 8.07. The van der Waals surface area contributed by atoms with E-state index in [1.807, 2.05) is 0 Å². The highest BCUT2D eigenvalue weighted by Crippen LogP contribution is 2.18. The minimum atomic E-state index is -0.743. The number of anilines is 1. The third kappa shape index (κ3) is 4.53. The lowest BCUT2D eigenvalue weighted by Crippen LogP contribution is -2.46. The van der Waals surface area contributed by atoms with E-state index in [9.17, 15) is 14.7 Å². The number of rotatable bonds is 6. The molecule has 24 heavy (non-hydrogen) atoms. The molecule has 0 aliphatic heterocycles. The number of aliphatic hydroxyl groups excluding tert-OH is 1. The Morgan fingerprint density at radius 2 is 1.92 bits per heavy atom. The van der Waals surface area contributed by atoms with Gasteiger partial charge in [-0.1, -0.05) is 0 Å². The van der Waals surface area contributed by atoms with Crippen LogP contribution in [0, 0.1) is 0 Å². The van der Waals surface area contributed by atoms with Gasteiger partial charge in [-0.05, 0) is 38.1 Å². The minimum Gasteiger partial charge on any atom is -0.497 e. The molecule has 7 nitrogen and oxygen atoms in total. The topological polar surface area (TPSA) is 101 Å². The Hall–Kier alpha value is -2.45. The number of nitrogens with zero attached hydrogens (tertiary/aromatic N) is 1. The lowest BCUT2D eigenvalue weighted by molar-refractivity contribution is 0.0864. The SMILES string of the molecule is COc1ccc(C(=O)Nc2nc(C(=O)NC(C)(C)CO)cs2)cc1. The molecule has 0 saturated heterocycles. The molecule has 1 aromatic carbocycles. The van der Waals surface area contributed by atoms with Crippen LogP contribution in [0.4, 0.5) is 5.13 Å². The van der Waals surface area contributed by atoms with Gasteiger partial charge in [-0.25, -0.2) is 4.98 Å². The second kappa shape index (κ2) is 7.41. The fraction of sp³-hybridized carbons (Fsp3) is 0.312. The second-order valence-corrected chi connectivity index (χ2v) is 6.57. The molecule has 2 amide bonds. The van der Waals surface area contributed by atoms with Crippen molar-refractivity contribution in [2.24, 2.45) is 0 Å². The van der Waals surface area contributed by atoms with E-state index in [-0.39, 0.29) is 18.2 Å². The van der Waals surface area contributed by atoms with Crippen molar-refractivity contribution < 1.29 is 19.4 Å². The molecule has 2 rings (SSSR count). The highest BCUT2D eigenvalue weighted by Gasteiger charge is 2.22. The number of aliphatic hydroxyl groups is 1. The van der Waals surface area contributed by atoms with Crippen LogP contribution in [0.3, 0.4) is 0 Å². The normalized spacial score (nSPS) is 11.0. The Bertz CT molecular complexity index is 725. The number of thiazole rings is 1. The summed E-state index contributed by atoms with van der Waals surface area (Å²) >= 11 is 1.15. The van der Waals surface area contributed by atoms with Gasteiger partial charge in [0.05, 0.1) is 19.3 Å². The molecule has 128 valence electrons. The molecule has 1 aromatic heterocycles. The lowest BCUT2D eigenvalue weighted by atomic mass is 10.1. The molecule has 2 aromatic rings. The zero-order valence-electron chi connectivity index (χ0n) is 13.6. The quantitative estimate of drug-likeness (QED) is 0.739. The van der Waals surface area contributed by atoms with Crippen LogP contribution in [0.2, 0.25) is 0 Å². The van der Waals surface area contributed by atoms with Crippen molar-refractivity contribution in [3.05, 3.63) is 40.9 Å². The number of ether oxygens (including phenoxy) is 1. The molecule has 0 spiro atoms. The summed E-state index contributed by atoms with van der Waals surface area (Å²) in [6.07, 6.45) is 0. The monoisotopic (exact) mass is 349 g/mol. The molecule has 0 fully saturated rings. The van der Waals surface area contributed by atoms with E-state index in [0.29, 0.717) is 16.4 Å². The van der Waals surface area contributed by atoms with Gasteiger partial charge in [0.2, 0.25) is 0 Å². The van der Waals surface area contributed by atoms with E-state index in [1.165, 1.54) is 0 Å². The number of amides is 2. The summed E-state index contributed by atoms with van der Waals surface area (Å²) < 4.78 is 5.04. The fourth-order valence-electron chi connectivity index (χ4n) is 1.76. The standard InChI is InChI=1S/C16H19N3O4S/c1-16(2,9-20)19-14(22)12-8-24-15(17-12)18-13(21)10-4-6-11(23-3)7-5-10/h4-8,20H,9H2,1-3H3,(H,19,22)(H,17,18,21). The average molecular weight is 349 g/mol. The van der Waals surface area contributed by atoms with Gasteiger partial charge < -0.3 is 15.2 Å². The molecule has 0 radical (unpaired) electrons. The second-order valence-electron chi connectivity index (χ2n) is 5.72. The molecule has 1 heterocycles. The zero-order valence-corrected chi connectivity index (χ0v) is 14.4. The Kier molecular flexibility index (Phi) is 5.53. The number of hydrogen-bond acceptors (Lipinski definition) is 6. The number of carbonyl (C=O) groups excluding carboxylic acids is 2. The van der Waals surface area contributed by atoms with Crippen molar-refractivity contribution in [2.45, 2.75) is 19.4 Å². The highest BCUT2D eigenvalue weighted by atomic mass is 32.1. The summed E-state index contributed by atoms with van der Waals surface area (Å²) in [7, 11) is 1.55. The average Bonchev–Trinajstić information content (AvgIpc) is 3.03. The summed E-state index contributed by atoms with van der Waals surface area (Å²) in [4.78, 5) is 28.3. The Morgan fingerprint density at radius 3 is 2.50 bits per heavy atom. The molecule has 0 bridgehead atoms. The fourth-order valence-corrected chi connectivity index (χ4v) is 2.44. The summed E-state index contributed by atoms with van der Waals surface area (Å²) in [5, 5.41) is 16.4. The van der Waals surface area contributed by atoms with Crippen LogP contribution in [0.5, 0.6) is 5.75 Å². The van der Waals surface area contributed by atoms with Crippen LogP contribution >= 0.6 is 11.3 Å². The maximum atomic E-state index is 12.1. The van der Waals surface area contributed by atoms with Crippen molar-refractivity contribution in [1.82, 2.24) is 10.3 Å². The molecular weight excluding hydrogens is 330 g/mol. The lowest BCUT2D eigenvalue weighted by Gasteiger charge is -2.22. The van der Waals surface area contributed by atoms with Crippen molar-refractivity contribution in [2.75, 3.05) is 19.0 Å². The van der Waals surface area contributed by atoms with E-state index in [1.54, 1.807) is 50.6 Å². The van der Waals surface area contributed by atoms with Gasteiger partial charge in [-0.15, -0.1) is 11.3 Å². The molecule has 0 atom stereocenters. The number of nitrogens with one attached hydrogen (secondary N) is 2. The zero-order chi connectivity index (χ0) is 17.7. The van der Waals surface area contributed by atoms with E-state index >= 15 is 0 Å². The van der Waals surface area contributed by atoms with Crippen LogP contribution in [-0.4, -0.2) is 41.2 Å². The molecular formula is C16H19N3O4S. The summed E-state index contributed by atoms with van der Waals surface area (Å²) in [6.45, 7) is 3.21.